The minimum Gasteiger partial charge on any atom is -0.461 e. The summed E-state index contributed by atoms with van der Waals surface area (Å²) in [6.45, 7) is 16.1. The smallest absolute Gasteiger partial charge is 0.313 e. The van der Waals surface area contributed by atoms with Gasteiger partial charge in [0.2, 0.25) is 11.8 Å². The van der Waals surface area contributed by atoms with Crippen LogP contribution in [0, 0.1) is 17.8 Å². The number of unbranched alkanes of at least 4 members (excludes halogenated alkanes) is 2. The van der Waals surface area contributed by atoms with Gasteiger partial charge in [0.25, 0.3) is 0 Å². The minimum atomic E-state index is -1.13. The Balaban J connectivity index is 2.10. The van der Waals surface area contributed by atoms with E-state index in [0.29, 0.717) is 25.9 Å². The number of aliphatic hydroxyl groups is 1. The number of amides is 2. The lowest BCUT2D eigenvalue weighted by Crippen LogP contribution is -2.60. The van der Waals surface area contributed by atoms with Crippen molar-refractivity contribution in [3.63, 3.8) is 0 Å². The minimum absolute atomic E-state index is 0.0437. The second-order valence-electron chi connectivity index (χ2n) is 10.8. The molecule has 8 nitrogen and oxygen atoms in total. The zero-order valence-corrected chi connectivity index (χ0v) is 22.4. The molecule has 3 rings (SSSR count). The van der Waals surface area contributed by atoms with Gasteiger partial charge in [-0.25, -0.2) is 0 Å². The molecule has 0 radical (unpaired) electrons. The number of esters is 1. The van der Waals surface area contributed by atoms with E-state index in [9.17, 15) is 19.5 Å². The molecule has 0 aromatic carbocycles. The van der Waals surface area contributed by atoms with E-state index in [2.05, 4.69) is 20.1 Å². The lowest BCUT2D eigenvalue weighted by molar-refractivity contribution is -0.162. The lowest BCUT2D eigenvalue weighted by atomic mass is 9.66. The molecule has 0 aromatic rings. The van der Waals surface area contributed by atoms with Crippen molar-refractivity contribution < 1.29 is 29.0 Å². The first-order valence-electron chi connectivity index (χ1n) is 13.5. The monoisotopic (exact) mass is 504 g/mol. The number of nitrogens with zero attached hydrogens (tertiary/aromatic N) is 2. The molecular weight excluding hydrogens is 460 g/mol. The van der Waals surface area contributed by atoms with Crippen molar-refractivity contribution in [3.05, 3.63) is 25.3 Å². The highest BCUT2D eigenvalue weighted by molar-refractivity contribution is 5.98. The summed E-state index contributed by atoms with van der Waals surface area (Å²) in [5, 5.41) is 10.4. The molecule has 1 spiro atoms. The van der Waals surface area contributed by atoms with Gasteiger partial charge in [0, 0.05) is 13.1 Å². The number of carbonyl (C=O) groups is 3. The highest BCUT2D eigenvalue weighted by Gasteiger charge is 2.79. The summed E-state index contributed by atoms with van der Waals surface area (Å²) in [5.41, 5.74) is -2.02. The van der Waals surface area contributed by atoms with Gasteiger partial charge in [-0.15, -0.1) is 6.58 Å². The first-order chi connectivity index (χ1) is 17.2. The maximum atomic E-state index is 14.3. The highest BCUT2D eigenvalue weighted by atomic mass is 16.6. The Bertz CT molecular complexity index is 861. The SMILES string of the molecule is C=CCOC(=O)[C@@H]1[C@H]2C(=O)N([C@@H](CO)[C@@H](C)CC)C(C(=O)N(CC=C)CCCCC)C23CC[C@@]1(C)O3. The van der Waals surface area contributed by atoms with Crippen LogP contribution in [0.25, 0.3) is 0 Å². The second-order valence-corrected chi connectivity index (χ2v) is 10.8. The largest absolute Gasteiger partial charge is 0.461 e. The fourth-order valence-corrected chi connectivity index (χ4v) is 6.58. The lowest BCUT2D eigenvalue weighted by Gasteiger charge is -2.41. The van der Waals surface area contributed by atoms with E-state index in [0.717, 1.165) is 25.7 Å². The average molecular weight is 505 g/mol. The van der Waals surface area contributed by atoms with E-state index in [1.54, 1.807) is 15.9 Å². The van der Waals surface area contributed by atoms with E-state index < -0.39 is 41.1 Å². The molecule has 0 aromatic heterocycles. The normalized spacial score (nSPS) is 32.2. The first kappa shape index (κ1) is 28.4. The Morgan fingerprint density at radius 1 is 1.28 bits per heavy atom. The summed E-state index contributed by atoms with van der Waals surface area (Å²) < 4.78 is 12.1. The molecule has 0 saturated carbocycles. The maximum Gasteiger partial charge on any atom is 0.313 e. The van der Waals surface area contributed by atoms with Crippen molar-refractivity contribution in [1.82, 2.24) is 9.80 Å². The molecule has 3 heterocycles. The summed E-state index contributed by atoms with van der Waals surface area (Å²) in [6.07, 6.45) is 7.81. The fourth-order valence-electron chi connectivity index (χ4n) is 6.58. The van der Waals surface area contributed by atoms with Gasteiger partial charge >= 0.3 is 5.97 Å². The van der Waals surface area contributed by atoms with Gasteiger partial charge in [0.05, 0.1) is 24.2 Å². The third kappa shape index (κ3) is 4.62. The molecule has 2 amide bonds. The molecular formula is C28H44N2O6. The number of hydrogen-bond acceptors (Lipinski definition) is 6. The number of rotatable bonds is 14. The summed E-state index contributed by atoms with van der Waals surface area (Å²) >= 11 is 0. The number of likely N-dealkylation sites (tertiary alicyclic amines) is 1. The second kappa shape index (κ2) is 11.5. The predicted octanol–water partition coefficient (Wildman–Crippen LogP) is 3.09. The van der Waals surface area contributed by atoms with Crippen molar-refractivity contribution in [2.75, 3.05) is 26.3 Å². The molecule has 3 aliphatic rings. The van der Waals surface area contributed by atoms with Crippen LogP contribution in [0.4, 0.5) is 0 Å². The number of aliphatic hydroxyl groups excluding tert-OH is 1. The molecule has 202 valence electrons. The van der Waals surface area contributed by atoms with Crippen molar-refractivity contribution in [3.8, 4) is 0 Å². The zero-order valence-electron chi connectivity index (χ0n) is 22.4. The third-order valence-corrected chi connectivity index (χ3v) is 8.58. The third-order valence-electron chi connectivity index (χ3n) is 8.58. The van der Waals surface area contributed by atoms with E-state index in [-0.39, 0.29) is 30.9 Å². The van der Waals surface area contributed by atoms with Gasteiger partial charge < -0.3 is 24.4 Å². The van der Waals surface area contributed by atoms with E-state index in [4.69, 9.17) is 9.47 Å². The molecule has 2 unspecified atom stereocenters. The number of hydrogen-bond donors (Lipinski definition) is 1. The van der Waals surface area contributed by atoms with Crippen LogP contribution in [0.15, 0.2) is 25.3 Å². The molecule has 1 N–H and O–H groups in total. The van der Waals surface area contributed by atoms with Crippen LogP contribution in [0.2, 0.25) is 0 Å². The summed E-state index contributed by atoms with van der Waals surface area (Å²) in [5.74, 6) is -2.70. The highest BCUT2D eigenvalue weighted by Crippen LogP contribution is 2.64. The van der Waals surface area contributed by atoms with Gasteiger partial charge in [0.1, 0.15) is 24.2 Å². The van der Waals surface area contributed by atoms with Crippen LogP contribution in [0.1, 0.15) is 66.2 Å². The molecule has 2 bridgehead atoms. The average Bonchev–Trinajstić information content (AvgIpc) is 3.43. The van der Waals surface area contributed by atoms with Crippen LogP contribution in [0.5, 0.6) is 0 Å². The van der Waals surface area contributed by atoms with Crippen LogP contribution >= 0.6 is 0 Å². The van der Waals surface area contributed by atoms with Gasteiger partial charge in [-0.05, 0) is 32.1 Å². The van der Waals surface area contributed by atoms with Gasteiger partial charge in [-0.2, -0.15) is 0 Å². The van der Waals surface area contributed by atoms with Crippen molar-refractivity contribution in [2.45, 2.75) is 89.5 Å². The Labute approximate surface area is 215 Å². The van der Waals surface area contributed by atoms with Crippen LogP contribution in [-0.2, 0) is 23.9 Å². The van der Waals surface area contributed by atoms with Gasteiger partial charge in [0.15, 0.2) is 0 Å². The topological polar surface area (TPSA) is 96.4 Å². The van der Waals surface area contributed by atoms with Crippen LogP contribution in [-0.4, -0.2) is 82.3 Å². The molecule has 3 aliphatic heterocycles. The van der Waals surface area contributed by atoms with Crippen LogP contribution in [0.3, 0.4) is 0 Å². The molecule has 3 fully saturated rings. The Hall–Kier alpha value is -2.19. The molecule has 3 saturated heterocycles. The van der Waals surface area contributed by atoms with E-state index in [1.807, 2.05) is 20.8 Å². The molecule has 0 aliphatic carbocycles. The summed E-state index contributed by atoms with van der Waals surface area (Å²) in [4.78, 5) is 45.0. The van der Waals surface area contributed by atoms with Gasteiger partial charge in [-0.3, -0.25) is 14.4 Å². The Morgan fingerprint density at radius 3 is 2.58 bits per heavy atom. The Kier molecular flexibility index (Phi) is 9.04. The number of ether oxygens (including phenoxy) is 2. The predicted molar refractivity (Wildman–Crippen MR) is 137 cm³/mol. The van der Waals surface area contributed by atoms with Crippen molar-refractivity contribution in [2.24, 2.45) is 17.8 Å². The maximum absolute atomic E-state index is 14.3. The zero-order chi connectivity index (χ0) is 26.7. The standard InChI is InChI=1S/C28H44N2O6/c1-7-11-12-16-29(15-8-2)25(33)23-28-14-13-27(6,36-28)22(26(34)35-17-9-3)21(28)24(32)30(23)20(18-31)19(5)10-4/h8-9,19-23,31H,2-3,7,10-18H2,1,4-6H3/t19-,20-,21-,22-,23?,27+,28?/m0/s1. The molecule has 7 atom stereocenters. The molecule has 8 heteroatoms. The Morgan fingerprint density at radius 2 is 2.00 bits per heavy atom. The number of carbonyl (C=O) groups excluding carboxylic acids is 3. The summed E-state index contributed by atoms with van der Waals surface area (Å²) in [6, 6.07) is -1.47. The summed E-state index contributed by atoms with van der Waals surface area (Å²) in [7, 11) is 0. The van der Waals surface area contributed by atoms with Gasteiger partial charge in [-0.1, -0.05) is 58.8 Å². The van der Waals surface area contributed by atoms with E-state index >= 15 is 0 Å². The first-order valence-corrected chi connectivity index (χ1v) is 13.5. The van der Waals surface area contributed by atoms with Crippen molar-refractivity contribution >= 4 is 17.8 Å². The quantitative estimate of drug-likeness (QED) is 0.222. The fraction of sp³-hybridized carbons (Fsp3) is 0.750. The molecule has 36 heavy (non-hydrogen) atoms. The van der Waals surface area contributed by atoms with Crippen molar-refractivity contribution in [1.29, 1.82) is 0 Å². The number of fused-ring (bicyclic) bond motifs is 1. The van der Waals surface area contributed by atoms with Crippen LogP contribution < -0.4 is 0 Å². The van der Waals surface area contributed by atoms with E-state index in [1.165, 1.54) is 6.08 Å².